The summed E-state index contributed by atoms with van der Waals surface area (Å²) >= 11 is 0. The van der Waals surface area contributed by atoms with Crippen LogP contribution in [-0.2, 0) is 6.42 Å². The van der Waals surface area contributed by atoms with Crippen LogP contribution in [0.25, 0.3) is 0 Å². The van der Waals surface area contributed by atoms with Gasteiger partial charge >= 0.3 is 5.97 Å². The van der Waals surface area contributed by atoms with Crippen LogP contribution in [0.4, 0.5) is 0 Å². The van der Waals surface area contributed by atoms with E-state index < -0.39 is 5.97 Å². The summed E-state index contributed by atoms with van der Waals surface area (Å²) in [6.45, 7) is 4.02. The van der Waals surface area contributed by atoms with Crippen molar-refractivity contribution in [3.8, 4) is 0 Å². The number of aromatic carboxylic acids is 1. The van der Waals surface area contributed by atoms with E-state index in [1.165, 1.54) is 18.4 Å². The summed E-state index contributed by atoms with van der Waals surface area (Å²) in [5, 5.41) is 9.07. The molecule has 1 N–H and O–H groups in total. The van der Waals surface area contributed by atoms with Crippen LogP contribution in [0.15, 0.2) is 12.1 Å². The number of benzene rings is 1. The zero-order chi connectivity index (χ0) is 11.0. The number of rotatable bonds is 3. The number of carbonyl (C=O) groups is 1. The van der Waals surface area contributed by atoms with E-state index in [-0.39, 0.29) is 0 Å². The van der Waals surface area contributed by atoms with Gasteiger partial charge in [-0.15, -0.1) is 0 Å². The van der Waals surface area contributed by atoms with Gasteiger partial charge in [0.2, 0.25) is 0 Å². The van der Waals surface area contributed by atoms with Crippen LogP contribution in [0.1, 0.15) is 52.7 Å². The lowest BCUT2D eigenvalue weighted by atomic mass is 9.95. The maximum Gasteiger partial charge on any atom is 0.335 e. The second-order valence-corrected chi connectivity index (χ2v) is 4.30. The molecule has 2 heteroatoms. The molecule has 15 heavy (non-hydrogen) atoms. The van der Waals surface area contributed by atoms with Gasteiger partial charge in [0.05, 0.1) is 5.56 Å². The average Bonchev–Trinajstić information content (AvgIpc) is 3.00. The molecule has 1 aromatic carbocycles. The second-order valence-electron chi connectivity index (χ2n) is 4.30. The molecule has 1 aromatic rings. The highest BCUT2D eigenvalue weighted by Crippen LogP contribution is 2.42. The first-order valence-corrected chi connectivity index (χ1v) is 5.50. The molecule has 0 aliphatic heterocycles. The summed E-state index contributed by atoms with van der Waals surface area (Å²) in [6, 6.07) is 3.92. The van der Waals surface area contributed by atoms with Crippen LogP contribution >= 0.6 is 0 Å². The predicted octanol–water partition coefficient (Wildman–Crippen LogP) is 3.13. The molecule has 0 radical (unpaired) electrons. The Hall–Kier alpha value is -1.31. The van der Waals surface area contributed by atoms with Crippen molar-refractivity contribution in [2.75, 3.05) is 0 Å². The average molecular weight is 204 g/mol. The molecule has 80 valence electrons. The molecule has 0 heterocycles. The second kappa shape index (κ2) is 3.69. The van der Waals surface area contributed by atoms with Crippen LogP contribution in [0.2, 0.25) is 0 Å². The van der Waals surface area contributed by atoms with Crippen LogP contribution in [-0.4, -0.2) is 11.1 Å². The fraction of sp³-hybridized carbons (Fsp3) is 0.462. The quantitative estimate of drug-likeness (QED) is 0.821. The molecular formula is C13H16O2. The fourth-order valence-electron chi connectivity index (χ4n) is 2.10. The van der Waals surface area contributed by atoms with E-state index >= 15 is 0 Å². The van der Waals surface area contributed by atoms with Gasteiger partial charge in [-0.3, -0.25) is 0 Å². The van der Waals surface area contributed by atoms with Crippen molar-refractivity contribution in [3.05, 3.63) is 34.4 Å². The van der Waals surface area contributed by atoms with Crippen molar-refractivity contribution in [1.82, 2.24) is 0 Å². The topological polar surface area (TPSA) is 37.3 Å². The summed E-state index contributed by atoms with van der Waals surface area (Å²) in [7, 11) is 0. The van der Waals surface area contributed by atoms with Gasteiger partial charge < -0.3 is 5.11 Å². The Balaban J connectivity index is 2.49. The van der Waals surface area contributed by atoms with Crippen molar-refractivity contribution in [2.24, 2.45) is 0 Å². The summed E-state index contributed by atoms with van der Waals surface area (Å²) in [5.74, 6) is -0.115. The van der Waals surface area contributed by atoms with Crippen LogP contribution in [0.3, 0.4) is 0 Å². The highest BCUT2D eigenvalue weighted by molar-refractivity contribution is 5.89. The van der Waals surface area contributed by atoms with E-state index in [9.17, 15) is 4.79 Å². The lowest BCUT2D eigenvalue weighted by molar-refractivity contribution is 0.0695. The monoisotopic (exact) mass is 204 g/mol. The van der Waals surface area contributed by atoms with Crippen molar-refractivity contribution in [1.29, 1.82) is 0 Å². The van der Waals surface area contributed by atoms with Gasteiger partial charge in [0.15, 0.2) is 0 Å². The van der Waals surface area contributed by atoms with Gasteiger partial charge in [-0.05, 0) is 54.9 Å². The molecule has 0 aromatic heterocycles. The van der Waals surface area contributed by atoms with E-state index in [1.54, 1.807) is 0 Å². The molecule has 0 unspecified atom stereocenters. The molecule has 0 bridgehead atoms. The Kier molecular flexibility index (Phi) is 2.51. The van der Waals surface area contributed by atoms with E-state index in [2.05, 4.69) is 6.07 Å². The summed E-state index contributed by atoms with van der Waals surface area (Å²) in [5.41, 5.74) is 3.93. The van der Waals surface area contributed by atoms with Gasteiger partial charge in [-0.25, -0.2) is 4.79 Å². The van der Waals surface area contributed by atoms with Crippen LogP contribution in [0, 0.1) is 6.92 Å². The maximum atomic E-state index is 11.0. The zero-order valence-corrected chi connectivity index (χ0v) is 9.21. The molecule has 1 saturated carbocycles. The van der Waals surface area contributed by atoms with Crippen molar-refractivity contribution >= 4 is 5.97 Å². The molecule has 1 aliphatic rings. The predicted molar refractivity (Wildman–Crippen MR) is 59.5 cm³/mol. The van der Waals surface area contributed by atoms with Gasteiger partial charge in [0.1, 0.15) is 0 Å². The Morgan fingerprint density at radius 3 is 2.60 bits per heavy atom. The molecule has 0 saturated heterocycles. The minimum Gasteiger partial charge on any atom is -0.478 e. The van der Waals surface area contributed by atoms with Crippen molar-refractivity contribution in [2.45, 2.75) is 39.0 Å². The number of hydrogen-bond acceptors (Lipinski definition) is 1. The lowest BCUT2D eigenvalue weighted by Gasteiger charge is -2.10. The zero-order valence-electron chi connectivity index (χ0n) is 9.21. The Morgan fingerprint density at radius 2 is 2.13 bits per heavy atom. The smallest absolute Gasteiger partial charge is 0.335 e. The molecule has 1 aliphatic carbocycles. The van der Waals surface area contributed by atoms with E-state index in [1.807, 2.05) is 19.9 Å². The molecule has 0 amide bonds. The first-order valence-electron chi connectivity index (χ1n) is 5.50. The largest absolute Gasteiger partial charge is 0.478 e. The number of aryl methyl sites for hydroxylation is 2. The first-order chi connectivity index (χ1) is 7.13. The highest BCUT2D eigenvalue weighted by Gasteiger charge is 2.26. The van der Waals surface area contributed by atoms with E-state index in [4.69, 9.17) is 5.11 Å². The molecule has 2 rings (SSSR count). The van der Waals surface area contributed by atoms with Crippen molar-refractivity contribution in [3.63, 3.8) is 0 Å². The standard InChI is InChI=1S/C13H16O2/c1-3-9-7-11(10-4-5-10)8(2)6-12(9)13(14)15/h6-7,10H,3-5H2,1-2H3,(H,14,15). The minimum atomic E-state index is -0.808. The van der Waals surface area contributed by atoms with Crippen LogP contribution < -0.4 is 0 Å². The summed E-state index contributed by atoms with van der Waals surface area (Å²) < 4.78 is 0. The third-order valence-corrected chi connectivity index (χ3v) is 3.12. The van der Waals surface area contributed by atoms with Gasteiger partial charge in [-0.1, -0.05) is 13.0 Å². The molecule has 1 fully saturated rings. The molecule has 0 atom stereocenters. The Morgan fingerprint density at radius 1 is 1.47 bits per heavy atom. The SMILES string of the molecule is CCc1cc(C2CC2)c(C)cc1C(=O)O. The number of carboxylic acid groups (broad SMARTS) is 1. The normalized spacial score (nSPS) is 15.3. The van der Waals surface area contributed by atoms with Gasteiger partial charge in [-0.2, -0.15) is 0 Å². The minimum absolute atomic E-state index is 0.472. The van der Waals surface area contributed by atoms with Crippen molar-refractivity contribution < 1.29 is 9.90 Å². The molecular weight excluding hydrogens is 188 g/mol. The summed E-state index contributed by atoms with van der Waals surface area (Å²) in [4.78, 5) is 11.0. The molecule has 0 spiro atoms. The number of carboxylic acids is 1. The fourth-order valence-corrected chi connectivity index (χ4v) is 2.10. The van der Waals surface area contributed by atoms with Gasteiger partial charge in [0, 0.05) is 0 Å². The number of hydrogen-bond donors (Lipinski definition) is 1. The third kappa shape index (κ3) is 1.89. The Labute approximate surface area is 89.9 Å². The summed E-state index contributed by atoms with van der Waals surface area (Å²) in [6.07, 6.45) is 3.31. The first kappa shape index (κ1) is 10.2. The van der Waals surface area contributed by atoms with Gasteiger partial charge in [0.25, 0.3) is 0 Å². The van der Waals surface area contributed by atoms with E-state index in [0.717, 1.165) is 17.5 Å². The lowest BCUT2D eigenvalue weighted by Crippen LogP contribution is -2.04. The van der Waals surface area contributed by atoms with Crippen LogP contribution in [0.5, 0.6) is 0 Å². The maximum absolute atomic E-state index is 11.0. The highest BCUT2D eigenvalue weighted by atomic mass is 16.4. The third-order valence-electron chi connectivity index (χ3n) is 3.12. The Bertz CT molecular complexity index is 403. The molecule has 2 nitrogen and oxygen atoms in total. The van der Waals surface area contributed by atoms with E-state index in [0.29, 0.717) is 11.5 Å².